The van der Waals surface area contributed by atoms with Gasteiger partial charge in [-0.3, -0.25) is 9.59 Å². The number of rotatable bonds is 6. The summed E-state index contributed by atoms with van der Waals surface area (Å²) >= 11 is 7.04. The van der Waals surface area contributed by atoms with Crippen LogP contribution < -0.4 is 15.4 Å². The summed E-state index contributed by atoms with van der Waals surface area (Å²) in [5, 5.41) is 5.43. The van der Waals surface area contributed by atoms with Gasteiger partial charge in [-0.2, -0.15) is 13.2 Å². The zero-order valence-electron chi connectivity index (χ0n) is 17.5. The molecule has 174 valence electrons. The SMILES string of the molecule is COc1ncnc(C(=O)NC(C)c2ncc(C(=O)Nc3ccc(C)c(C(F)(F)F)c3)s2)c1Cl. The molecule has 1 aromatic carbocycles. The molecule has 1 unspecified atom stereocenters. The van der Waals surface area contributed by atoms with Crippen molar-refractivity contribution < 1.29 is 27.5 Å². The largest absolute Gasteiger partial charge is 0.480 e. The van der Waals surface area contributed by atoms with Crippen molar-refractivity contribution in [3.8, 4) is 5.88 Å². The maximum atomic E-state index is 13.1. The molecule has 3 aromatic rings. The number of methoxy groups -OCH3 is 1. The van der Waals surface area contributed by atoms with E-state index in [2.05, 4.69) is 25.6 Å². The Balaban J connectivity index is 1.70. The number of nitrogens with zero attached hydrogens (tertiary/aromatic N) is 3. The van der Waals surface area contributed by atoms with Gasteiger partial charge in [-0.25, -0.2) is 15.0 Å². The Morgan fingerprint density at radius 3 is 2.58 bits per heavy atom. The fraction of sp³-hybridized carbons (Fsp3) is 0.250. The first-order valence-corrected chi connectivity index (χ1v) is 10.5. The smallest absolute Gasteiger partial charge is 0.416 e. The third-order valence-electron chi connectivity index (χ3n) is 4.43. The molecule has 8 nitrogen and oxygen atoms in total. The van der Waals surface area contributed by atoms with Crippen LogP contribution >= 0.6 is 22.9 Å². The van der Waals surface area contributed by atoms with Gasteiger partial charge in [0.1, 0.15) is 21.2 Å². The first-order valence-electron chi connectivity index (χ1n) is 9.31. The number of carbonyl (C=O) groups is 2. The highest BCUT2D eigenvalue weighted by Crippen LogP contribution is 2.33. The number of alkyl halides is 3. The van der Waals surface area contributed by atoms with E-state index >= 15 is 0 Å². The maximum Gasteiger partial charge on any atom is 0.416 e. The van der Waals surface area contributed by atoms with Crippen LogP contribution in [0, 0.1) is 6.92 Å². The van der Waals surface area contributed by atoms with Crippen LogP contribution in [0.4, 0.5) is 18.9 Å². The molecule has 13 heteroatoms. The molecule has 0 saturated carbocycles. The van der Waals surface area contributed by atoms with Crippen molar-refractivity contribution in [2.24, 2.45) is 0 Å². The lowest BCUT2D eigenvalue weighted by atomic mass is 10.1. The first-order chi connectivity index (χ1) is 15.5. The summed E-state index contributed by atoms with van der Waals surface area (Å²) in [5.41, 5.74) is -0.875. The lowest BCUT2D eigenvalue weighted by molar-refractivity contribution is -0.138. The Bertz CT molecular complexity index is 1200. The van der Waals surface area contributed by atoms with Crippen molar-refractivity contribution in [3.63, 3.8) is 0 Å². The Kier molecular flexibility index (Phi) is 7.18. The molecule has 1 atom stereocenters. The minimum absolute atomic E-state index is 0.00146. The quantitative estimate of drug-likeness (QED) is 0.510. The van der Waals surface area contributed by atoms with Crippen molar-refractivity contribution in [2.45, 2.75) is 26.1 Å². The molecule has 3 rings (SSSR count). The van der Waals surface area contributed by atoms with Gasteiger partial charge in [-0.1, -0.05) is 17.7 Å². The molecule has 2 amide bonds. The van der Waals surface area contributed by atoms with E-state index in [0.29, 0.717) is 5.01 Å². The van der Waals surface area contributed by atoms with Crippen molar-refractivity contribution >= 4 is 40.4 Å². The van der Waals surface area contributed by atoms with Gasteiger partial charge in [-0.15, -0.1) is 11.3 Å². The van der Waals surface area contributed by atoms with Crippen molar-refractivity contribution in [3.05, 3.63) is 62.5 Å². The molecule has 0 spiro atoms. The average molecular weight is 500 g/mol. The van der Waals surface area contributed by atoms with E-state index in [1.807, 2.05) is 0 Å². The Morgan fingerprint density at radius 1 is 1.18 bits per heavy atom. The number of aromatic nitrogens is 3. The Morgan fingerprint density at radius 2 is 1.91 bits per heavy atom. The lowest BCUT2D eigenvalue weighted by Crippen LogP contribution is -2.27. The molecular formula is C20H17ClF3N5O3S. The molecule has 0 aliphatic heterocycles. The first kappa shape index (κ1) is 24.4. The van der Waals surface area contributed by atoms with Crippen LogP contribution in [0.3, 0.4) is 0 Å². The number of aryl methyl sites for hydroxylation is 1. The second kappa shape index (κ2) is 9.71. The van der Waals surface area contributed by atoms with Gasteiger partial charge in [0, 0.05) is 5.69 Å². The highest BCUT2D eigenvalue weighted by Gasteiger charge is 2.32. The summed E-state index contributed by atoms with van der Waals surface area (Å²) in [6.45, 7) is 2.98. The number of amides is 2. The van der Waals surface area contributed by atoms with Gasteiger partial charge in [0.2, 0.25) is 5.88 Å². The number of carbonyl (C=O) groups excluding carboxylic acids is 2. The average Bonchev–Trinajstić information content (AvgIpc) is 3.25. The highest BCUT2D eigenvalue weighted by molar-refractivity contribution is 7.13. The Hall–Kier alpha value is -3.25. The number of halogens is 4. The number of thiazole rings is 1. The van der Waals surface area contributed by atoms with Crippen LogP contribution in [0.5, 0.6) is 5.88 Å². The van der Waals surface area contributed by atoms with Crippen LogP contribution in [-0.2, 0) is 6.18 Å². The standard InChI is InChI=1S/C20H17ClF3N5O3S/c1-9-4-5-11(6-12(9)20(22,23)24)29-16(30)13-7-25-19(33-13)10(2)28-17(31)15-14(21)18(32-3)27-8-26-15/h4-8,10H,1-3H3,(H,28,31)(H,29,30). The van der Waals surface area contributed by atoms with E-state index in [-0.39, 0.29) is 32.7 Å². The van der Waals surface area contributed by atoms with Gasteiger partial charge >= 0.3 is 6.18 Å². The number of ether oxygens (including phenoxy) is 1. The summed E-state index contributed by atoms with van der Waals surface area (Å²) in [4.78, 5) is 36.9. The molecule has 0 bridgehead atoms. The van der Waals surface area contributed by atoms with E-state index in [4.69, 9.17) is 16.3 Å². The van der Waals surface area contributed by atoms with E-state index in [1.165, 1.54) is 32.4 Å². The fourth-order valence-electron chi connectivity index (χ4n) is 2.77. The molecule has 2 aromatic heterocycles. The van der Waals surface area contributed by atoms with Crippen molar-refractivity contribution in [1.29, 1.82) is 0 Å². The van der Waals surface area contributed by atoms with E-state index in [0.717, 1.165) is 23.7 Å². The molecule has 33 heavy (non-hydrogen) atoms. The van der Waals surface area contributed by atoms with Gasteiger partial charge in [-0.05, 0) is 31.5 Å². The lowest BCUT2D eigenvalue weighted by Gasteiger charge is -2.12. The summed E-state index contributed by atoms with van der Waals surface area (Å²) in [6, 6.07) is 2.92. The Labute approximate surface area is 195 Å². The minimum Gasteiger partial charge on any atom is -0.480 e. The molecular weight excluding hydrogens is 483 g/mol. The number of hydrogen-bond donors (Lipinski definition) is 2. The summed E-state index contributed by atoms with van der Waals surface area (Å²) in [5.74, 6) is -1.19. The zero-order valence-corrected chi connectivity index (χ0v) is 19.0. The van der Waals surface area contributed by atoms with Gasteiger partial charge in [0.15, 0.2) is 5.69 Å². The maximum absolute atomic E-state index is 13.1. The highest BCUT2D eigenvalue weighted by atomic mass is 35.5. The van der Waals surface area contributed by atoms with Crippen molar-refractivity contribution in [1.82, 2.24) is 20.3 Å². The number of anilines is 1. The van der Waals surface area contributed by atoms with Crippen LogP contribution in [-0.4, -0.2) is 33.9 Å². The molecule has 0 fully saturated rings. The van der Waals surface area contributed by atoms with E-state index in [9.17, 15) is 22.8 Å². The summed E-state index contributed by atoms with van der Waals surface area (Å²) in [6.07, 6.45) is -2.13. The van der Waals surface area contributed by atoms with Crippen molar-refractivity contribution in [2.75, 3.05) is 12.4 Å². The van der Waals surface area contributed by atoms with Crippen LogP contribution in [0.1, 0.15) is 49.3 Å². The number of nitrogens with one attached hydrogen (secondary N) is 2. The van der Waals surface area contributed by atoms with E-state index in [1.54, 1.807) is 6.92 Å². The molecule has 2 heterocycles. The van der Waals surface area contributed by atoms with Gasteiger partial charge < -0.3 is 15.4 Å². The monoisotopic (exact) mass is 499 g/mol. The predicted octanol–water partition coefficient (Wildman–Crippen LogP) is 4.67. The molecule has 2 N–H and O–H groups in total. The third-order valence-corrected chi connectivity index (χ3v) is 5.95. The van der Waals surface area contributed by atoms with Crippen LogP contribution in [0.15, 0.2) is 30.7 Å². The molecule has 0 radical (unpaired) electrons. The molecule has 0 saturated heterocycles. The van der Waals surface area contributed by atoms with Crippen LogP contribution in [0.2, 0.25) is 5.02 Å². The predicted molar refractivity (Wildman–Crippen MR) is 116 cm³/mol. The number of hydrogen-bond acceptors (Lipinski definition) is 7. The van der Waals surface area contributed by atoms with E-state index < -0.39 is 29.6 Å². The molecule has 0 aliphatic rings. The summed E-state index contributed by atoms with van der Waals surface area (Å²) < 4.78 is 44.2. The normalized spacial score (nSPS) is 12.2. The third kappa shape index (κ3) is 5.57. The second-order valence-electron chi connectivity index (χ2n) is 6.79. The zero-order chi connectivity index (χ0) is 24.3. The second-order valence-corrected chi connectivity index (χ2v) is 8.23. The van der Waals surface area contributed by atoms with Gasteiger partial charge in [0.25, 0.3) is 11.8 Å². The van der Waals surface area contributed by atoms with Gasteiger partial charge in [0.05, 0.1) is 24.9 Å². The number of benzene rings is 1. The van der Waals surface area contributed by atoms with Crippen LogP contribution in [0.25, 0.3) is 0 Å². The summed E-state index contributed by atoms with van der Waals surface area (Å²) in [7, 11) is 1.35. The molecule has 0 aliphatic carbocycles. The minimum atomic E-state index is -4.54. The topological polar surface area (TPSA) is 106 Å². The fourth-order valence-corrected chi connectivity index (χ4v) is 3.85.